The summed E-state index contributed by atoms with van der Waals surface area (Å²) in [5.41, 5.74) is 1.50. The quantitative estimate of drug-likeness (QED) is 0.454. The predicted molar refractivity (Wildman–Crippen MR) is 135 cm³/mol. The predicted octanol–water partition coefficient (Wildman–Crippen LogP) is 4.57. The Kier molecular flexibility index (Phi) is 8.23. The van der Waals surface area contributed by atoms with Gasteiger partial charge in [-0.1, -0.05) is 0 Å². The highest BCUT2D eigenvalue weighted by atomic mass is 16.5. The molecule has 1 aliphatic rings. The maximum atomic E-state index is 12.8. The van der Waals surface area contributed by atoms with Gasteiger partial charge in [0, 0.05) is 30.0 Å². The number of carbonyl (C=O) groups is 3. The average molecular weight is 492 g/mol. The van der Waals surface area contributed by atoms with E-state index in [4.69, 9.17) is 13.9 Å². The van der Waals surface area contributed by atoms with Crippen molar-refractivity contribution in [2.45, 2.75) is 26.2 Å². The summed E-state index contributed by atoms with van der Waals surface area (Å²) in [6.07, 6.45) is 4.61. The van der Waals surface area contributed by atoms with Gasteiger partial charge in [-0.2, -0.15) is 0 Å². The minimum Gasteiger partial charge on any atom is -0.490 e. The number of carbonyl (C=O) groups excluding carboxylic acids is 3. The number of ether oxygens (including phenoxy) is 2. The Balaban J connectivity index is 1.36. The largest absolute Gasteiger partial charge is 0.490 e. The number of rotatable bonds is 9. The third kappa shape index (κ3) is 6.44. The van der Waals surface area contributed by atoms with Gasteiger partial charge in [-0.3, -0.25) is 14.4 Å². The first kappa shape index (κ1) is 24.8. The number of amides is 3. The molecule has 0 spiro atoms. The molecule has 1 aliphatic heterocycles. The SMILES string of the molecule is CCOc1cc(C(=O)Nc2ccc(NC(=O)c3ccco3)cc2)ccc1OCC(=O)N1CCCCC1. The molecular formula is C27H29N3O6. The maximum absolute atomic E-state index is 12.8. The molecule has 2 aromatic carbocycles. The van der Waals surface area contributed by atoms with Gasteiger partial charge in [0.25, 0.3) is 17.7 Å². The van der Waals surface area contributed by atoms with Gasteiger partial charge in [0.2, 0.25) is 0 Å². The van der Waals surface area contributed by atoms with Crippen molar-refractivity contribution >= 4 is 29.1 Å². The van der Waals surface area contributed by atoms with E-state index in [0.717, 1.165) is 32.4 Å². The van der Waals surface area contributed by atoms with Crippen LogP contribution in [0.2, 0.25) is 0 Å². The zero-order valence-electron chi connectivity index (χ0n) is 20.1. The van der Waals surface area contributed by atoms with E-state index in [1.165, 1.54) is 6.26 Å². The zero-order chi connectivity index (χ0) is 25.3. The lowest BCUT2D eigenvalue weighted by atomic mass is 10.1. The topological polar surface area (TPSA) is 110 Å². The molecule has 0 radical (unpaired) electrons. The molecule has 2 N–H and O–H groups in total. The summed E-state index contributed by atoms with van der Waals surface area (Å²) in [7, 11) is 0. The fourth-order valence-electron chi connectivity index (χ4n) is 3.85. The summed E-state index contributed by atoms with van der Waals surface area (Å²) < 4.78 is 16.5. The Hall–Kier alpha value is -4.27. The first-order valence-electron chi connectivity index (χ1n) is 12.0. The van der Waals surface area contributed by atoms with Crippen LogP contribution in [0.4, 0.5) is 11.4 Å². The Morgan fingerprint density at radius 1 is 0.861 bits per heavy atom. The van der Waals surface area contributed by atoms with E-state index in [9.17, 15) is 14.4 Å². The molecule has 1 aromatic heterocycles. The van der Waals surface area contributed by atoms with Gasteiger partial charge < -0.3 is 29.4 Å². The van der Waals surface area contributed by atoms with E-state index in [0.29, 0.717) is 35.0 Å². The van der Waals surface area contributed by atoms with Gasteiger partial charge in [0.15, 0.2) is 23.9 Å². The molecule has 188 valence electrons. The molecule has 9 heteroatoms. The smallest absolute Gasteiger partial charge is 0.291 e. The van der Waals surface area contributed by atoms with Crippen LogP contribution >= 0.6 is 0 Å². The second kappa shape index (κ2) is 11.9. The third-order valence-electron chi connectivity index (χ3n) is 5.71. The number of anilines is 2. The van der Waals surface area contributed by atoms with Crippen molar-refractivity contribution in [1.29, 1.82) is 0 Å². The number of furan rings is 1. The molecule has 3 amide bonds. The lowest BCUT2D eigenvalue weighted by Gasteiger charge is -2.26. The lowest BCUT2D eigenvalue weighted by molar-refractivity contribution is -0.134. The second-order valence-electron chi connectivity index (χ2n) is 8.29. The van der Waals surface area contributed by atoms with Crippen molar-refractivity contribution < 1.29 is 28.3 Å². The minimum absolute atomic E-state index is 0.0530. The van der Waals surface area contributed by atoms with Gasteiger partial charge >= 0.3 is 0 Å². The first-order chi connectivity index (χ1) is 17.5. The Morgan fingerprint density at radius 2 is 1.56 bits per heavy atom. The molecule has 0 unspecified atom stereocenters. The van der Waals surface area contributed by atoms with E-state index in [1.54, 1.807) is 54.6 Å². The Morgan fingerprint density at radius 3 is 2.19 bits per heavy atom. The number of hydrogen-bond acceptors (Lipinski definition) is 6. The normalized spacial score (nSPS) is 13.1. The summed E-state index contributed by atoms with van der Waals surface area (Å²) >= 11 is 0. The molecule has 1 saturated heterocycles. The summed E-state index contributed by atoms with van der Waals surface area (Å²) in [5.74, 6) is 0.269. The van der Waals surface area contributed by atoms with Gasteiger partial charge in [-0.05, 0) is 80.8 Å². The standard InChI is InChI=1S/C27H29N3O6/c1-2-34-24-17-19(8-13-22(24)36-18-25(31)30-14-4-3-5-15-30)26(32)28-20-9-11-21(12-10-20)29-27(33)23-7-6-16-35-23/h6-13,16-17H,2-5,14-15,18H2,1H3,(H,28,32)(H,29,33). The molecule has 3 aromatic rings. The van der Waals surface area contributed by atoms with Crippen molar-refractivity contribution in [1.82, 2.24) is 4.90 Å². The van der Waals surface area contributed by atoms with Crippen LogP contribution in [0.3, 0.4) is 0 Å². The van der Waals surface area contributed by atoms with E-state index in [-0.39, 0.29) is 30.1 Å². The summed E-state index contributed by atoms with van der Waals surface area (Å²) in [6, 6.07) is 14.8. The number of likely N-dealkylation sites (tertiary alicyclic amines) is 1. The highest BCUT2D eigenvalue weighted by molar-refractivity contribution is 6.05. The number of nitrogens with zero attached hydrogens (tertiary/aromatic N) is 1. The van der Waals surface area contributed by atoms with Crippen LogP contribution in [0.1, 0.15) is 47.1 Å². The number of benzene rings is 2. The lowest BCUT2D eigenvalue weighted by Crippen LogP contribution is -2.38. The van der Waals surface area contributed by atoms with Crippen LogP contribution in [0, 0.1) is 0 Å². The van der Waals surface area contributed by atoms with Crippen molar-refractivity contribution in [3.63, 3.8) is 0 Å². The summed E-state index contributed by atoms with van der Waals surface area (Å²) in [6.45, 7) is 3.66. The molecule has 0 aliphatic carbocycles. The fourth-order valence-corrected chi connectivity index (χ4v) is 3.85. The highest BCUT2D eigenvalue weighted by Gasteiger charge is 2.18. The van der Waals surface area contributed by atoms with Gasteiger partial charge in [0.05, 0.1) is 12.9 Å². The van der Waals surface area contributed by atoms with Crippen LogP contribution in [0.25, 0.3) is 0 Å². The van der Waals surface area contributed by atoms with E-state index in [1.807, 2.05) is 11.8 Å². The summed E-state index contributed by atoms with van der Waals surface area (Å²) in [5, 5.41) is 5.54. The number of hydrogen-bond donors (Lipinski definition) is 2. The Bertz CT molecular complexity index is 1180. The minimum atomic E-state index is -0.361. The average Bonchev–Trinajstić information content (AvgIpc) is 3.45. The molecular weight excluding hydrogens is 462 g/mol. The van der Waals surface area contributed by atoms with Crippen molar-refractivity contribution in [2.24, 2.45) is 0 Å². The van der Waals surface area contributed by atoms with Gasteiger partial charge in [0.1, 0.15) is 0 Å². The van der Waals surface area contributed by atoms with Gasteiger partial charge in [-0.25, -0.2) is 0 Å². The molecule has 36 heavy (non-hydrogen) atoms. The third-order valence-corrected chi connectivity index (χ3v) is 5.71. The number of piperidine rings is 1. The zero-order valence-corrected chi connectivity index (χ0v) is 20.1. The van der Waals surface area contributed by atoms with E-state index >= 15 is 0 Å². The van der Waals surface area contributed by atoms with Crippen LogP contribution in [-0.2, 0) is 4.79 Å². The molecule has 2 heterocycles. The monoisotopic (exact) mass is 491 g/mol. The Labute approximate surface area is 209 Å². The molecule has 9 nitrogen and oxygen atoms in total. The molecule has 0 saturated carbocycles. The molecule has 0 bridgehead atoms. The number of nitrogens with one attached hydrogen (secondary N) is 2. The van der Waals surface area contributed by atoms with Crippen molar-refractivity contribution in [2.75, 3.05) is 36.9 Å². The van der Waals surface area contributed by atoms with Crippen LogP contribution in [0.15, 0.2) is 65.3 Å². The first-order valence-corrected chi connectivity index (χ1v) is 12.0. The van der Waals surface area contributed by atoms with Crippen LogP contribution < -0.4 is 20.1 Å². The van der Waals surface area contributed by atoms with E-state index < -0.39 is 0 Å². The van der Waals surface area contributed by atoms with Gasteiger partial charge in [-0.15, -0.1) is 0 Å². The molecule has 0 atom stereocenters. The molecule has 1 fully saturated rings. The van der Waals surface area contributed by atoms with Crippen molar-refractivity contribution in [3.05, 3.63) is 72.2 Å². The van der Waals surface area contributed by atoms with Crippen molar-refractivity contribution in [3.8, 4) is 11.5 Å². The maximum Gasteiger partial charge on any atom is 0.291 e. The molecule has 4 rings (SSSR count). The van der Waals surface area contributed by atoms with Crippen LogP contribution in [0.5, 0.6) is 11.5 Å². The second-order valence-corrected chi connectivity index (χ2v) is 8.29. The fraction of sp³-hybridized carbons (Fsp3) is 0.296. The van der Waals surface area contributed by atoms with E-state index in [2.05, 4.69) is 10.6 Å². The van der Waals surface area contributed by atoms with Crippen LogP contribution in [-0.4, -0.2) is 48.9 Å². The summed E-state index contributed by atoms with van der Waals surface area (Å²) in [4.78, 5) is 39.2. The highest BCUT2D eigenvalue weighted by Crippen LogP contribution is 2.29.